The van der Waals surface area contributed by atoms with Crippen molar-refractivity contribution < 1.29 is 18.3 Å². The molecule has 0 spiro atoms. The second-order valence-electron chi connectivity index (χ2n) is 10.1. The second kappa shape index (κ2) is 10.1. The summed E-state index contributed by atoms with van der Waals surface area (Å²) in [5.74, 6) is 0.0721. The molecule has 0 amide bonds. The van der Waals surface area contributed by atoms with Crippen LogP contribution in [0.2, 0.25) is 0 Å². The SMILES string of the molecule is COc1cc(N)ccc1S(=O)(=O)N1CCCCN2[C@H](O)[C@@H](c3ccc(-c4cccc(C)c4C)cc3)[C@@H]2C1. The van der Waals surface area contributed by atoms with Gasteiger partial charge in [0.2, 0.25) is 10.0 Å². The molecule has 2 aliphatic heterocycles. The summed E-state index contributed by atoms with van der Waals surface area (Å²) in [6.07, 6.45) is 0.906. The molecule has 7 nitrogen and oxygen atoms in total. The van der Waals surface area contributed by atoms with E-state index in [-0.39, 0.29) is 22.6 Å². The summed E-state index contributed by atoms with van der Waals surface area (Å²) >= 11 is 0. The number of hydrogen-bond donors (Lipinski definition) is 2. The molecule has 3 aromatic rings. The van der Waals surface area contributed by atoms with Crippen molar-refractivity contribution in [3.63, 3.8) is 0 Å². The Morgan fingerprint density at radius 2 is 1.73 bits per heavy atom. The molecule has 5 rings (SSSR count). The van der Waals surface area contributed by atoms with Crippen LogP contribution < -0.4 is 10.5 Å². The fraction of sp³-hybridized carbons (Fsp3) is 0.379. The average Bonchev–Trinajstić information content (AvgIpc) is 2.87. The number of benzene rings is 3. The first kappa shape index (κ1) is 25.7. The van der Waals surface area contributed by atoms with Crippen molar-refractivity contribution in [1.29, 1.82) is 0 Å². The topological polar surface area (TPSA) is 96.1 Å². The van der Waals surface area contributed by atoms with Gasteiger partial charge in [-0.1, -0.05) is 42.5 Å². The number of nitrogens with zero attached hydrogens (tertiary/aromatic N) is 2. The fourth-order valence-corrected chi connectivity index (χ4v) is 7.34. The fourth-order valence-electron chi connectivity index (χ4n) is 5.70. The van der Waals surface area contributed by atoms with Crippen LogP contribution in [-0.2, 0) is 10.0 Å². The van der Waals surface area contributed by atoms with Gasteiger partial charge in [0.25, 0.3) is 0 Å². The van der Waals surface area contributed by atoms with E-state index in [1.165, 1.54) is 35.9 Å². The number of nitrogen functional groups attached to an aromatic ring is 1. The molecular weight excluding hydrogens is 486 g/mol. The van der Waals surface area contributed by atoms with Gasteiger partial charge in [-0.15, -0.1) is 0 Å². The van der Waals surface area contributed by atoms with Crippen LogP contribution in [0, 0.1) is 13.8 Å². The molecule has 3 atom stereocenters. The lowest BCUT2D eigenvalue weighted by atomic mass is 9.79. The van der Waals surface area contributed by atoms with Gasteiger partial charge >= 0.3 is 0 Å². The molecule has 3 aromatic carbocycles. The van der Waals surface area contributed by atoms with Gasteiger partial charge in [0.15, 0.2) is 0 Å². The van der Waals surface area contributed by atoms with E-state index in [0.717, 1.165) is 30.5 Å². The standard InChI is InChI=1S/C29H35N3O4S/c1-19-7-6-8-24(20(19)2)21-9-11-22(12-10-21)28-25-18-31(15-4-5-16-32(25)29(28)33)37(34,35)27-14-13-23(30)17-26(27)36-3/h6-14,17,25,28-29,33H,4-5,15-16,18,30H2,1-3H3/t25-,28-,29+/m0/s1. The minimum atomic E-state index is -3.81. The van der Waals surface area contributed by atoms with Crippen molar-refractivity contribution in [1.82, 2.24) is 9.21 Å². The Labute approximate surface area is 219 Å². The molecule has 0 saturated carbocycles. The van der Waals surface area contributed by atoms with E-state index in [9.17, 15) is 13.5 Å². The molecule has 37 heavy (non-hydrogen) atoms. The number of anilines is 1. The zero-order chi connectivity index (χ0) is 26.3. The van der Waals surface area contributed by atoms with Gasteiger partial charge in [-0.2, -0.15) is 4.31 Å². The summed E-state index contributed by atoms with van der Waals surface area (Å²) in [5.41, 5.74) is 12.2. The zero-order valence-electron chi connectivity index (χ0n) is 21.6. The predicted octanol–water partition coefficient (Wildman–Crippen LogP) is 4.13. The molecule has 2 heterocycles. The van der Waals surface area contributed by atoms with E-state index in [2.05, 4.69) is 56.3 Å². The van der Waals surface area contributed by atoms with Crippen LogP contribution >= 0.6 is 0 Å². The number of aliphatic hydroxyl groups excluding tert-OH is 1. The molecule has 3 N–H and O–H groups in total. The zero-order valence-corrected chi connectivity index (χ0v) is 22.4. The van der Waals surface area contributed by atoms with Crippen molar-refractivity contribution in [3.05, 3.63) is 77.4 Å². The molecule has 8 heteroatoms. The molecule has 196 valence electrons. The van der Waals surface area contributed by atoms with Crippen molar-refractivity contribution >= 4 is 15.7 Å². The van der Waals surface area contributed by atoms with Crippen molar-refractivity contribution in [2.24, 2.45) is 0 Å². The van der Waals surface area contributed by atoms with Crippen LogP contribution in [0.4, 0.5) is 5.69 Å². The van der Waals surface area contributed by atoms with E-state index in [4.69, 9.17) is 10.5 Å². The predicted molar refractivity (Wildman–Crippen MR) is 146 cm³/mol. The van der Waals surface area contributed by atoms with Crippen molar-refractivity contribution in [3.8, 4) is 16.9 Å². The van der Waals surface area contributed by atoms with E-state index in [0.29, 0.717) is 18.8 Å². The van der Waals surface area contributed by atoms with Crippen molar-refractivity contribution in [2.45, 2.75) is 49.8 Å². The smallest absolute Gasteiger partial charge is 0.246 e. The highest BCUT2D eigenvalue weighted by atomic mass is 32.2. The highest BCUT2D eigenvalue weighted by Gasteiger charge is 2.50. The highest BCUT2D eigenvalue weighted by molar-refractivity contribution is 7.89. The summed E-state index contributed by atoms with van der Waals surface area (Å²) in [4.78, 5) is 2.15. The summed E-state index contributed by atoms with van der Waals surface area (Å²) in [6.45, 7) is 5.72. The van der Waals surface area contributed by atoms with Gasteiger partial charge in [-0.05, 0) is 66.6 Å². The van der Waals surface area contributed by atoms with Crippen LogP contribution in [0.1, 0.15) is 35.4 Å². The summed E-state index contributed by atoms with van der Waals surface area (Å²) in [7, 11) is -2.37. The molecule has 0 unspecified atom stereocenters. The minimum absolute atomic E-state index is 0.114. The Morgan fingerprint density at radius 3 is 2.46 bits per heavy atom. The number of aliphatic hydroxyl groups is 1. The molecule has 2 fully saturated rings. The normalized spacial score (nSPS) is 23.0. The number of hydrogen-bond acceptors (Lipinski definition) is 6. The van der Waals surface area contributed by atoms with Crippen LogP contribution in [0.5, 0.6) is 5.75 Å². The van der Waals surface area contributed by atoms with Gasteiger partial charge in [-0.3, -0.25) is 4.90 Å². The Bertz CT molecular complexity index is 1390. The third-order valence-electron chi connectivity index (χ3n) is 7.98. The molecule has 0 bridgehead atoms. The molecule has 2 saturated heterocycles. The summed E-state index contributed by atoms with van der Waals surface area (Å²) < 4.78 is 34.4. The van der Waals surface area contributed by atoms with Gasteiger partial charge in [-0.25, -0.2) is 8.42 Å². The lowest BCUT2D eigenvalue weighted by Gasteiger charge is -2.55. The van der Waals surface area contributed by atoms with E-state index < -0.39 is 16.3 Å². The first-order valence-corrected chi connectivity index (χ1v) is 14.2. The van der Waals surface area contributed by atoms with E-state index in [1.807, 2.05) is 4.90 Å². The second-order valence-corrected chi connectivity index (χ2v) is 12.0. The lowest BCUT2D eigenvalue weighted by molar-refractivity contribution is -0.148. The lowest BCUT2D eigenvalue weighted by Crippen LogP contribution is -2.66. The van der Waals surface area contributed by atoms with E-state index in [1.54, 1.807) is 10.4 Å². The number of nitrogens with two attached hydrogens (primary N) is 1. The number of aryl methyl sites for hydroxylation is 1. The first-order chi connectivity index (χ1) is 17.7. The first-order valence-electron chi connectivity index (χ1n) is 12.8. The third kappa shape index (κ3) is 4.63. The minimum Gasteiger partial charge on any atom is -0.495 e. The number of sulfonamides is 1. The van der Waals surface area contributed by atoms with Crippen LogP contribution in [0.25, 0.3) is 11.1 Å². The molecule has 0 aromatic heterocycles. The summed E-state index contributed by atoms with van der Waals surface area (Å²) in [5, 5.41) is 11.1. The van der Waals surface area contributed by atoms with Crippen molar-refractivity contribution in [2.75, 3.05) is 32.5 Å². The van der Waals surface area contributed by atoms with Gasteiger partial charge in [0.1, 0.15) is 16.9 Å². The van der Waals surface area contributed by atoms with Gasteiger partial charge < -0.3 is 15.6 Å². The largest absolute Gasteiger partial charge is 0.495 e. The Morgan fingerprint density at radius 1 is 1.00 bits per heavy atom. The Balaban J connectivity index is 1.43. The highest BCUT2D eigenvalue weighted by Crippen LogP contribution is 2.42. The summed E-state index contributed by atoms with van der Waals surface area (Å²) in [6, 6.07) is 19.2. The van der Waals surface area contributed by atoms with Gasteiger partial charge in [0.05, 0.1) is 7.11 Å². The molecule has 0 radical (unpaired) electrons. The quantitative estimate of drug-likeness (QED) is 0.490. The molecule has 0 aliphatic carbocycles. The van der Waals surface area contributed by atoms with Gasteiger partial charge in [0, 0.05) is 43.3 Å². The maximum atomic E-state index is 13.7. The third-order valence-corrected chi connectivity index (χ3v) is 9.89. The average molecular weight is 522 g/mol. The number of fused-ring (bicyclic) bond motifs is 1. The van der Waals surface area contributed by atoms with E-state index >= 15 is 0 Å². The molecule has 2 aliphatic rings. The Hall–Kier alpha value is -2.91. The number of methoxy groups -OCH3 is 1. The maximum Gasteiger partial charge on any atom is 0.246 e. The van der Waals surface area contributed by atoms with Crippen LogP contribution in [0.15, 0.2) is 65.6 Å². The Kier molecular flexibility index (Phi) is 7.02. The monoisotopic (exact) mass is 521 g/mol. The van der Waals surface area contributed by atoms with Crippen LogP contribution in [-0.4, -0.2) is 61.7 Å². The number of rotatable bonds is 5. The number of ether oxygens (including phenoxy) is 1. The van der Waals surface area contributed by atoms with Crippen LogP contribution in [0.3, 0.4) is 0 Å². The molecular formula is C29H35N3O4S. The maximum absolute atomic E-state index is 13.7.